The van der Waals surface area contributed by atoms with E-state index in [-0.39, 0.29) is 0 Å². The molecule has 148 valence electrons. The van der Waals surface area contributed by atoms with Crippen LogP contribution in [-0.4, -0.2) is 49.5 Å². The number of fused-ring (bicyclic) bond motifs is 1. The van der Waals surface area contributed by atoms with Crippen molar-refractivity contribution in [1.29, 1.82) is 0 Å². The zero-order chi connectivity index (χ0) is 19.5. The third-order valence-electron chi connectivity index (χ3n) is 4.99. The molecule has 2 aliphatic heterocycles. The molecule has 7 heteroatoms. The summed E-state index contributed by atoms with van der Waals surface area (Å²) in [6.07, 6.45) is 1.75. The van der Waals surface area contributed by atoms with Crippen LogP contribution < -0.4 is 19.7 Å². The normalized spacial score (nSPS) is 15.8. The van der Waals surface area contributed by atoms with E-state index in [2.05, 4.69) is 32.3 Å². The smallest absolute Gasteiger partial charge is 0.227 e. The topological polar surface area (TPSA) is 68.7 Å². The summed E-state index contributed by atoms with van der Waals surface area (Å²) in [6, 6.07) is 16.1. The van der Waals surface area contributed by atoms with Gasteiger partial charge in [-0.15, -0.1) is 0 Å². The van der Waals surface area contributed by atoms with Gasteiger partial charge in [0.1, 0.15) is 13.2 Å². The van der Waals surface area contributed by atoms with Crippen molar-refractivity contribution in [1.82, 2.24) is 9.97 Å². The summed E-state index contributed by atoms with van der Waals surface area (Å²) < 4.78 is 16.7. The van der Waals surface area contributed by atoms with Gasteiger partial charge in [0.25, 0.3) is 0 Å². The molecule has 0 bridgehead atoms. The van der Waals surface area contributed by atoms with E-state index in [1.54, 1.807) is 6.20 Å². The van der Waals surface area contributed by atoms with Crippen molar-refractivity contribution in [2.75, 3.05) is 49.7 Å². The van der Waals surface area contributed by atoms with Crippen LogP contribution >= 0.6 is 0 Å². The Hall–Kier alpha value is -3.32. The third kappa shape index (κ3) is 3.95. The molecule has 2 aliphatic rings. The Bertz CT molecular complexity index is 988. The molecule has 0 spiro atoms. The monoisotopic (exact) mass is 390 g/mol. The summed E-state index contributed by atoms with van der Waals surface area (Å²) in [5.41, 5.74) is 3.93. The molecule has 7 nitrogen and oxygen atoms in total. The van der Waals surface area contributed by atoms with Crippen molar-refractivity contribution in [3.05, 3.63) is 54.7 Å². The van der Waals surface area contributed by atoms with Crippen LogP contribution in [0.5, 0.6) is 11.5 Å². The molecular formula is C22H22N4O3. The number of morpholine rings is 1. The predicted octanol–water partition coefficient (Wildman–Crippen LogP) is 3.50. The van der Waals surface area contributed by atoms with Gasteiger partial charge in [0, 0.05) is 36.2 Å². The molecule has 5 rings (SSSR count). The highest BCUT2D eigenvalue weighted by Gasteiger charge is 2.14. The maximum atomic E-state index is 5.68. The standard InChI is InChI=1S/C22H22N4O3/c1-6-20-21(29-14-13-28-20)15-16(1)19-7-8-23-22(25-19)24-17-2-4-18(5-3-17)26-9-11-27-12-10-26/h1-8,15H,9-14H2,(H,23,24,25). The molecule has 0 saturated carbocycles. The minimum atomic E-state index is 0.552. The van der Waals surface area contributed by atoms with Gasteiger partial charge >= 0.3 is 0 Å². The molecule has 2 aromatic carbocycles. The van der Waals surface area contributed by atoms with Crippen LogP contribution in [0.1, 0.15) is 0 Å². The van der Waals surface area contributed by atoms with Crippen LogP contribution in [0.2, 0.25) is 0 Å². The number of nitrogens with one attached hydrogen (secondary N) is 1. The molecule has 1 N–H and O–H groups in total. The number of ether oxygens (including phenoxy) is 3. The van der Waals surface area contributed by atoms with Gasteiger partial charge in [-0.2, -0.15) is 0 Å². The summed E-state index contributed by atoms with van der Waals surface area (Å²) >= 11 is 0. The Morgan fingerprint density at radius 1 is 0.828 bits per heavy atom. The Kier molecular flexibility index (Phi) is 4.88. The van der Waals surface area contributed by atoms with Crippen molar-refractivity contribution < 1.29 is 14.2 Å². The number of hydrogen-bond donors (Lipinski definition) is 1. The number of anilines is 3. The summed E-state index contributed by atoms with van der Waals surface area (Å²) in [5.74, 6) is 2.07. The Labute approximate surface area is 169 Å². The molecule has 1 aromatic heterocycles. The average Bonchev–Trinajstić information content (AvgIpc) is 2.80. The quantitative estimate of drug-likeness (QED) is 0.731. The van der Waals surface area contributed by atoms with Crippen molar-refractivity contribution in [2.24, 2.45) is 0 Å². The van der Waals surface area contributed by atoms with Gasteiger partial charge in [-0.1, -0.05) is 0 Å². The van der Waals surface area contributed by atoms with Crippen LogP contribution in [-0.2, 0) is 4.74 Å². The molecule has 29 heavy (non-hydrogen) atoms. The maximum absolute atomic E-state index is 5.68. The molecule has 1 fully saturated rings. The zero-order valence-electron chi connectivity index (χ0n) is 16.0. The lowest BCUT2D eigenvalue weighted by molar-refractivity contribution is 0.122. The second-order valence-corrected chi connectivity index (χ2v) is 6.90. The Morgan fingerprint density at radius 3 is 2.45 bits per heavy atom. The minimum absolute atomic E-state index is 0.552. The Balaban J connectivity index is 1.32. The molecular weight excluding hydrogens is 368 g/mol. The number of rotatable bonds is 4. The lowest BCUT2D eigenvalue weighted by Gasteiger charge is -2.28. The first-order valence-corrected chi connectivity index (χ1v) is 9.78. The fourth-order valence-electron chi connectivity index (χ4n) is 3.49. The minimum Gasteiger partial charge on any atom is -0.486 e. The van der Waals surface area contributed by atoms with Gasteiger partial charge in [-0.05, 0) is 48.5 Å². The largest absolute Gasteiger partial charge is 0.486 e. The van der Waals surface area contributed by atoms with Gasteiger partial charge < -0.3 is 24.4 Å². The van der Waals surface area contributed by atoms with Gasteiger partial charge in [0.2, 0.25) is 5.95 Å². The first kappa shape index (κ1) is 17.8. The van der Waals surface area contributed by atoms with Crippen LogP contribution in [0, 0.1) is 0 Å². The van der Waals surface area contributed by atoms with Crippen molar-refractivity contribution in [2.45, 2.75) is 0 Å². The summed E-state index contributed by atoms with van der Waals surface area (Å²) in [7, 11) is 0. The summed E-state index contributed by atoms with van der Waals surface area (Å²) in [5, 5.41) is 3.29. The second kappa shape index (κ2) is 7.97. The third-order valence-corrected chi connectivity index (χ3v) is 4.99. The highest BCUT2D eigenvalue weighted by Crippen LogP contribution is 2.34. The lowest BCUT2D eigenvalue weighted by atomic mass is 10.1. The van der Waals surface area contributed by atoms with Crippen molar-refractivity contribution >= 4 is 17.3 Å². The van der Waals surface area contributed by atoms with Crippen LogP contribution in [0.25, 0.3) is 11.3 Å². The van der Waals surface area contributed by atoms with E-state index in [0.717, 1.165) is 54.7 Å². The highest BCUT2D eigenvalue weighted by atomic mass is 16.6. The van der Waals surface area contributed by atoms with Crippen LogP contribution in [0.3, 0.4) is 0 Å². The van der Waals surface area contributed by atoms with E-state index < -0.39 is 0 Å². The van der Waals surface area contributed by atoms with E-state index in [9.17, 15) is 0 Å². The first-order valence-electron chi connectivity index (χ1n) is 9.78. The van der Waals surface area contributed by atoms with Gasteiger partial charge in [-0.3, -0.25) is 0 Å². The number of hydrogen-bond acceptors (Lipinski definition) is 7. The lowest BCUT2D eigenvalue weighted by Crippen LogP contribution is -2.36. The maximum Gasteiger partial charge on any atom is 0.227 e. The average molecular weight is 390 g/mol. The van der Waals surface area contributed by atoms with Crippen molar-refractivity contribution in [3.8, 4) is 22.8 Å². The van der Waals surface area contributed by atoms with E-state index in [4.69, 9.17) is 14.2 Å². The summed E-state index contributed by atoms with van der Waals surface area (Å²) in [6.45, 7) is 4.55. The Morgan fingerprint density at radius 2 is 1.62 bits per heavy atom. The molecule has 0 aliphatic carbocycles. The SMILES string of the molecule is c1cc(-c2ccc3c(c2)OCCO3)nc(Nc2ccc(N3CCOCC3)cc2)n1. The molecule has 3 heterocycles. The van der Waals surface area contributed by atoms with Gasteiger partial charge in [0.05, 0.1) is 18.9 Å². The van der Waals surface area contributed by atoms with E-state index in [1.165, 1.54) is 5.69 Å². The van der Waals surface area contributed by atoms with E-state index in [1.807, 2.05) is 36.4 Å². The number of aromatic nitrogens is 2. The molecule has 1 saturated heterocycles. The molecule has 3 aromatic rings. The van der Waals surface area contributed by atoms with Crippen LogP contribution in [0.4, 0.5) is 17.3 Å². The summed E-state index contributed by atoms with van der Waals surface area (Å²) in [4.78, 5) is 11.3. The van der Waals surface area contributed by atoms with Crippen molar-refractivity contribution in [3.63, 3.8) is 0 Å². The van der Waals surface area contributed by atoms with Gasteiger partial charge in [-0.25, -0.2) is 9.97 Å². The second-order valence-electron chi connectivity index (χ2n) is 6.90. The zero-order valence-corrected chi connectivity index (χ0v) is 16.0. The van der Waals surface area contributed by atoms with Gasteiger partial charge in [0.15, 0.2) is 11.5 Å². The van der Waals surface area contributed by atoms with Crippen LogP contribution in [0.15, 0.2) is 54.7 Å². The fourth-order valence-corrected chi connectivity index (χ4v) is 3.49. The predicted molar refractivity (Wildman–Crippen MR) is 111 cm³/mol. The van der Waals surface area contributed by atoms with E-state index >= 15 is 0 Å². The molecule has 0 amide bonds. The molecule has 0 radical (unpaired) electrons. The highest BCUT2D eigenvalue weighted by molar-refractivity contribution is 5.66. The first-order chi connectivity index (χ1) is 14.3. The fraction of sp³-hybridized carbons (Fsp3) is 0.273. The number of benzene rings is 2. The molecule has 0 atom stereocenters. The van der Waals surface area contributed by atoms with E-state index in [0.29, 0.717) is 19.2 Å². The molecule has 0 unspecified atom stereocenters. The number of nitrogens with zero attached hydrogens (tertiary/aromatic N) is 3.